The molecule has 0 bridgehead atoms. The molecular formula is C13H21Cl2N3O. The van der Waals surface area contributed by atoms with Crippen molar-refractivity contribution in [3.05, 3.63) is 30.1 Å². The first-order valence-corrected chi connectivity index (χ1v) is 6.23. The maximum atomic E-state index is 11.7. The predicted octanol–water partition coefficient (Wildman–Crippen LogP) is 1.73. The van der Waals surface area contributed by atoms with Crippen LogP contribution in [0.5, 0.6) is 0 Å². The molecule has 1 aromatic heterocycles. The van der Waals surface area contributed by atoms with E-state index < -0.39 is 0 Å². The van der Waals surface area contributed by atoms with E-state index in [1.54, 1.807) is 12.4 Å². The molecule has 0 unspecified atom stereocenters. The van der Waals surface area contributed by atoms with Crippen LogP contribution in [0.1, 0.15) is 24.8 Å². The van der Waals surface area contributed by atoms with Crippen LogP contribution in [0.25, 0.3) is 0 Å². The summed E-state index contributed by atoms with van der Waals surface area (Å²) in [5, 5.41) is 6.36. The van der Waals surface area contributed by atoms with Crippen LogP contribution in [0.3, 0.4) is 0 Å². The average molecular weight is 306 g/mol. The van der Waals surface area contributed by atoms with Crippen molar-refractivity contribution in [2.24, 2.45) is 0 Å². The van der Waals surface area contributed by atoms with Gasteiger partial charge in [0.25, 0.3) is 0 Å². The highest BCUT2D eigenvalue weighted by Gasteiger charge is 2.14. The van der Waals surface area contributed by atoms with E-state index in [0.29, 0.717) is 12.5 Å². The van der Waals surface area contributed by atoms with E-state index in [9.17, 15) is 4.79 Å². The fourth-order valence-corrected chi connectivity index (χ4v) is 2.08. The Morgan fingerprint density at radius 2 is 2.11 bits per heavy atom. The topological polar surface area (TPSA) is 54.0 Å². The zero-order chi connectivity index (χ0) is 11.9. The number of hydrogen-bond acceptors (Lipinski definition) is 3. The van der Waals surface area contributed by atoms with Gasteiger partial charge in [0, 0.05) is 31.4 Å². The molecule has 1 aliphatic rings. The van der Waals surface area contributed by atoms with E-state index in [2.05, 4.69) is 15.6 Å². The molecule has 0 saturated carbocycles. The second kappa shape index (κ2) is 10.0. The van der Waals surface area contributed by atoms with Gasteiger partial charge in [-0.1, -0.05) is 0 Å². The molecule has 0 aliphatic carbocycles. The summed E-state index contributed by atoms with van der Waals surface area (Å²) in [6.07, 6.45) is 7.11. The highest BCUT2D eigenvalue weighted by Crippen LogP contribution is 2.04. The molecule has 6 heteroatoms. The minimum Gasteiger partial charge on any atom is -0.352 e. The maximum absolute atomic E-state index is 11.7. The predicted molar refractivity (Wildman–Crippen MR) is 81.1 cm³/mol. The smallest absolute Gasteiger partial charge is 0.220 e. The number of carbonyl (C=O) groups excluding carboxylic acids is 1. The highest BCUT2D eigenvalue weighted by molar-refractivity contribution is 5.85. The fraction of sp³-hybridized carbons (Fsp3) is 0.538. The van der Waals surface area contributed by atoms with Gasteiger partial charge in [0.2, 0.25) is 5.91 Å². The van der Waals surface area contributed by atoms with Crippen LogP contribution in [-0.4, -0.2) is 30.0 Å². The number of hydrogen-bond donors (Lipinski definition) is 2. The Balaban J connectivity index is 0.00000162. The van der Waals surface area contributed by atoms with Crippen LogP contribution in [0, 0.1) is 0 Å². The van der Waals surface area contributed by atoms with Crippen LogP contribution >= 0.6 is 24.8 Å². The molecule has 19 heavy (non-hydrogen) atoms. The number of amides is 1. The molecule has 1 aliphatic heterocycles. The lowest BCUT2D eigenvalue weighted by molar-refractivity contribution is -0.121. The first-order valence-electron chi connectivity index (χ1n) is 6.23. The van der Waals surface area contributed by atoms with Crippen molar-refractivity contribution in [3.63, 3.8) is 0 Å². The lowest BCUT2D eigenvalue weighted by atomic mass is 10.1. The molecule has 1 fully saturated rings. The number of piperidine rings is 1. The van der Waals surface area contributed by atoms with Crippen molar-refractivity contribution < 1.29 is 4.79 Å². The summed E-state index contributed by atoms with van der Waals surface area (Å²) in [7, 11) is 0. The van der Waals surface area contributed by atoms with Crippen molar-refractivity contribution in [2.75, 3.05) is 13.1 Å². The number of rotatable bonds is 4. The first kappa shape index (κ1) is 18.2. The maximum Gasteiger partial charge on any atom is 0.220 e. The largest absolute Gasteiger partial charge is 0.352 e. The molecule has 0 spiro atoms. The number of carbonyl (C=O) groups is 1. The van der Waals surface area contributed by atoms with Crippen molar-refractivity contribution in [3.8, 4) is 0 Å². The number of pyridine rings is 1. The van der Waals surface area contributed by atoms with Crippen molar-refractivity contribution in [1.82, 2.24) is 15.6 Å². The van der Waals surface area contributed by atoms with Crippen molar-refractivity contribution in [2.45, 2.75) is 31.7 Å². The second-order valence-corrected chi connectivity index (χ2v) is 4.47. The van der Waals surface area contributed by atoms with Gasteiger partial charge in [-0.2, -0.15) is 0 Å². The van der Waals surface area contributed by atoms with Crippen LogP contribution in [0.2, 0.25) is 0 Å². The number of nitrogens with one attached hydrogen (secondary N) is 2. The summed E-state index contributed by atoms with van der Waals surface area (Å²) in [4.78, 5) is 15.7. The zero-order valence-corrected chi connectivity index (χ0v) is 12.4. The molecule has 1 amide bonds. The Morgan fingerprint density at radius 1 is 1.37 bits per heavy atom. The Kier molecular flexibility index (Phi) is 9.57. The average Bonchev–Trinajstić information content (AvgIpc) is 2.39. The van der Waals surface area contributed by atoms with E-state index in [0.717, 1.165) is 37.9 Å². The Hall–Kier alpha value is -0.840. The summed E-state index contributed by atoms with van der Waals surface area (Å²) in [5.41, 5.74) is 1.16. The molecule has 108 valence electrons. The first-order chi connectivity index (χ1) is 8.34. The quantitative estimate of drug-likeness (QED) is 0.891. The van der Waals surface area contributed by atoms with Crippen LogP contribution in [-0.2, 0) is 11.2 Å². The third-order valence-electron chi connectivity index (χ3n) is 3.05. The molecule has 1 atom stereocenters. The molecule has 2 rings (SSSR count). The summed E-state index contributed by atoms with van der Waals surface area (Å²) in [6.45, 7) is 1.98. The summed E-state index contributed by atoms with van der Waals surface area (Å²) in [6, 6.07) is 4.22. The monoisotopic (exact) mass is 305 g/mol. The standard InChI is InChI=1S/C13H19N3O.2ClH/c17-13(16-12-2-1-7-15-10-12)4-3-11-5-8-14-9-6-11;;/h5-6,8-9,12,15H,1-4,7,10H2,(H,16,17);2*1H/t12-;;/m1../s1. The van der Waals surface area contributed by atoms with Gasteiger partial charge in [-0.05, 0) is 43.5 Å². The Morgan fingerprint density at radius 3 is 2.74 bits per heavy atom. The summed E-state index contributed by atoms with van der Waals surface area (Å²) >= 11 is 0. The molecular weight excluding hydrogens is 285 g/mol. The van der Waals surface area contributed by atoms with E-state index in [1.807, 2.05) is 12.1 Å². The van der Waals surface area contributed by atoms with E-state index in [4.69, 9.17) is 0 Å². The van der Waals surface area contributed by atoms with Gasteiger partial charge >= 0.3 is 0 Å². The van der Waals surface area contributed by atoms with Crippen molar-refractivity contribution in [1.29, 1.82) is 0 Å². The number of halogens is 2. The molecule has 1 aromatic rings. The van der Waals surface area contributed by atoms with Gasteiger partial charge in [0.05, 0.1) is 0 Å². The normalized spacial score (nSPS) is 17.8. The second-order valence-electron chi connectivity index (χ2n) is 4.47. The molecule has 2 heterocycles. The van der Waals surface area contributed by atoms with Crippen LogP contribution in [0.15, 0.2) is 24.5 Å². The van der Waals surface area contributed by atoms with Gasteiger partial charge in [-0.15, -0.1) is 24.8 Å². The lowest BCUT2D eigenvalue weighted by Crippen LogP contribution is -2.45. The molecule has 0 radical (unpaired) electrons. The van der Waals surface area contributed by atoms with E-state index >= 15 is 0 Å². The lowest BCUT2D eigenvalue weighted by Gasteiger charge is -2.23. The third-order valence-corrected chi connectivity index (χ3v) is 3.05. The van der Waals surface area contributed by atoms with Gasteiger partial charge in [0.15, 0.2) is 0 Å². The number of nitrogens with zero attached hydrogens (tertiary/aromatic N) is 1. The van der Waals surface area contributed by atoms with E-state index in [1.165, 1.54) is 0 Å². The van der Waals surface area contributed by atoms with Crippen molar-refractivity contribution >= 4 is 30.7 Å². The Labute approximate surface area is 126 Å². The van der Waals surface area contributed by atoms with E-state index in [-0.39, 0.29) is 30.7 Å². The number of aryl methyl sites for hydroxylation is 1. The van der Waals surface area contributed by atoms with Crippen LogP contribution in [0.4, 0.5) is 0 Å². The third kappa shape index (κ3) is 6.76. The molecule has 4 nitrogen and oxygen atoms in total. The van der Waals surface area contributed by atoms with Crippen LogP contribution < -0.4 is 10.6 Å². The number of aromatic nitrogens is 1. The molecule has 0 aromatic carbocycles. The van der Waals surface area contributed by atoms with Gasteiger partial charge in [0.1, 0.15) is 0 Å². The van der Waals surface area contributed by atoms with Gasteiger partial charge in [-0.3, -0.25) is 9.78 Å². The SMILES string of the molecule is Cl.Cl.O=C(CCc1ccncc1)N[C@@H]1CCCNC1. The highest BCUT2D eigenvalue weighted by atomic mass is 35.5. The zero-order valence-electron chi connectivity index (χ0n) is 10.8. The van der Waals surface area contributed by atoms with Gasteiger partial charge in [-0.25, -0.2) is 0 Å². The summed E-state index contributed by atoms with van der Waals surface area (Å²) < 4.78 is 0. The molecule has 2 N–H and O–H groups in total. The van der Waals surface area contributed by atoms with Gasteiger partial charge < -0.3 is 10.6 Å². The summed E-state index contributed by atoms with van der Waals surface area (Å²) in [5.74, 6) is 0.149. The minimum absolute atomic E-state index is 0. The Bertz CT molecular complexity index is 356. The molecule has 1 saturated heterocycles. The minimum atomic E-state index is 0. The fourth-order valence-electron chi connectivity index (χ4n) is 2.08.